The number of likely N-dealkylation sites (tertiary alicyclic amines) is 1. The highest BCUT2D eigenvalue weighted by atomic mass is 16.5. The lowest BCUT2D eigenvalue weighted by molar-refractivity contribution is 0.0722. The molecule has 2 aliphatic rings. The number of hydrogen-bond donors (Lipinski definition) is 0. The third-order valence-corrected chi connectivity index (χ3v) is 3.98. The number of carbonyl (C=O) groups excluding carboxylic acids is 1. The molecule has 2 fully saturated rings. The zero-order valence-electron chi connectivity index (χ0n) is 11.5. The summed E-state index contributed by atoms with van der Waals surface area (Å²) in [7, 11) is 0. The maximum atomic E-state index is 12.5. The molecular formula is C14H15N5O2. The number of rotatable bonds is 3. The zero-order valence-corrected chi connectivity index (χ0v) is 11.5. The first-order valence-corrected chi connectivity index (χ1v) is 7.23. The number of nitrogens with zero attached hydrogens (tertiary/aromatic N) is 5. The van der Waals surface area contributed by atoms with Crippen LogP contribution in [0.3, 0.4) is 0 Å². The molecule has 0 unspecified atom stereocenters. The molecule has 0 bridgehead atoms. The van der Waals surface area contributed by atoms with Crippen molar-refractivity contribution in [3.8, 4) is 0 Å². The van der Waals surface area contributed by atoms with Crippen LogP contribution in [0.1, 0.15) is 59.8 Å². The molecule has 108 valence electrons. The van der Waals surface area contributed by atoms with Gasteiger partial charge in [-0.2, -0.15) is 4.98 Å². The Morgan fingerprint density at radius 3 is 2.95 bits per heavy atom. The van der Waals surface area contributed by atoms with Gasteiger partial charge in [0.1, 0.15) is 5.69 Å². The van der Waals surface area contributed by atoms with Crippen LogP contribution in [-0.4, -0.2) is 37.5 Å². The number of aromatic nitrogens is 4. The summed E-state index contributed by atoms with van der Waals surface area (Å²) in [6, 6.07) is -0.115. The van der Waals surface area contributed by atoms with Crippen LogP contribution in [-0.2, 0) is 0 Å². The van der Waals surface area contributed by atoms with E-state index in [2.05, 4.69) is 20.1 Å². The first-order valence-electron chi connectivity index (χ1n) is 7.23. The molecule has 0 aromatic carbocycles. The lowest BCUT2D eigenvalue weighted by atomic mass is 10.2. The second-order valence-electron chi connectivity index (χ2n) is 5.51. The monoisotopic (exact) mass is 285 g/mol. The van der Waals surface area contributed by atoms with E-state index in [9.17, 15) is 4.79 Å². The zero-order chi connectivity index (χ0) is 14.2. The van der Waals surface area contributed by atoms with Gasteiger partial charge in [-0.3, -0.25) is 9.78 Å². The SMILES string of the molecule is O=C(c1cnccn1)N1CCC[C@@H]1c1noc(C2CC2)n1. The van der Waals surface area contributed by atoms with Crippen LogP contribution < -0.4 is 0 Å². The third-order valence-electron chi connectivity index (χ3n) is 3.98. The van der Waals surface area contributed by atoms with E-state index in [4.69, 9.17) is 4.52 Å². The summed E-state index contributed by atoms with van der Waals surface area (Å²) in [6.07, 6.45) is 8.60. The molecule has 0 radical (unpaired) electrons. The minimum atomic E-state index is -0.122. The van der Waals surface area contributed by atoms with Crippen molar-refractivity contribution < 1.29 is 9.32 Å². The average molecular weight is 285 g/mol. The van der Waals surface area contributed by atoms with E-state index >= 15 is 0 Å². The Hall–Kier alpha value is -2.31. The summed E-state index contributed by atoms with van der Waals surface area (Å²) in [5.74, 6) is 1.63. The molecule has 1 saturated heterocycles. The van der Waals surface area contributed by atoms with Crippen molar-refractivity contribution in [3.05, 3.63) is 36.0 Å². The molecule has 1 amide bonds. The molecule has 7 heteroatoms. The van der Waals surface area contributed by atoms with Gasteiger partial charge >= 0.3 is 0 Å². The van der Waals surface area contributed by atoms with E-state index < -0.39 is 0 Å². The summed E-state index contributed by atoms with van der Waals surface area (Å²) in [5.41, 5.74) is 0.357. The van der Waals surface area contributed by atoms with Gasteiger partial charge in [-0.15, -0.1) is 0 Å². The summed E-state index contributed by atoms with van der Waals surface area (Å²) in [4.78, 5) is 26.8. The molecule has 3 heterocycles. The van der Waals surface area contributed by atoms with Crippen LogP contribution >= 0.6 is 0 Å². The van der Waals surface area contributed by atoms with E-state index in [0.717, 1.165) is 25.7 Å². The van der Waals surface area contributed by atoms with Crippen LogP contribution in [0, 0.1) is 0 Å². The van der Waals surface area contributed by atoms with Crippen molar-refractivity contribution in [2.75, 3.05) is 6.54 Å². The van der Waals surface area contributed by atoms with Crippen molar-refractivity contribution in [3.63, 3.8) is 0 Å². The minimum absolute atomic E-state index is 0.115. The van der Waals surface area contributed by atoms with Crippen molar-refractivity contribution >= 4 is 5.91 Å². The Morgan fingerprint density at radius 2 is 2.19 bits per heavy atom. The van der Waals surface area contributed by atoms with Crippen molar-refractivity contribution in [1.82, 2.24) is 25.0 Å². The maximum Gasteiger partial charge on any atom is 0.274 e. The number of carbonyl (C=O) groups is 1. The molecular weight excluding hydrogens is 270 g/mol. The fourth-order valence-corrected chi connectivity index (χ4v) is 2.71. The molecule has 1 aliphatic carbocycles. The topological polar surface area (TPSA) is 85.0 Å². The van der Waals surface area contributed by atoms with Crippen molar-refractivity contribution in [2.24, 2.45) is 0 Å². The molecule has 2 aromatic heterocycles. The van der Waals surface area contributed by atoms with Gasteiger partial charge in [0.15, 0.2) is 5.82 Å². The molecule has 21 heavy (non-hydrogen) atoms. The smallest absolute Gasteiger partial charge is 0.274 e. The van der Waals surface area contributed by atoms with Gasteiger partial charge in [0.25, 0.3) is 5.91 Å². The predicted octanol–water partition coefficient (Wildman–Crippen LogP) is 1.71. The summed E-state index contributed by atoms with van der Waals surface area (Å²) >= 11 is 0. The van der Waals surface area contributed by atoms with Gasteiger partial charge in [-0.25, -0.2) is 4.98 Å². The van der Waals surface area contributed by atoms with Gasteiger partial charge in [-0.05, 0) is 25.7 Å². The number of amides is 1. The van der Waals surface area contributed by atoms with Crippen LogP contribution in [0.15, 0.2) is 23.1 Å². The largest absolute Gasteiger partial charge is 0.339 e. The van der Waals surface area contributed by atoms with Gasteiger partial charge in [-0.1, -0.05) is 5.16 Å². The molecule has 1 saturated carbocycles. The highest BCUT2D eigenvalue weighted by Crippen LogP contribution is 2.40. The Bertz CT molecular complexity index is 652. The molecule has 0 N–H and O–H groups in total. The second kappa shape index (κ2) is 4.91. The number of hydrogen-bond acceptors (Lipinski definition) is 6. The molecule has 2 aromatic rings. The Kier molecular flexibility index (Phi) is 2.90. The Labute approximate surface area is 121 Å². The van der Waals surface area contributed by atoms with Gasteiger partial charge in [0.2, 0.25) is 5.89 Å². The Morgan fingerprint density at radius 1 is 1.29 bits per heavy atom. The molecule has 1 aliphatic heterocycles. The highest BCUT2D eigenvalue weighted by Gasteiger charge is 2.36. The van der Waals surface area contributed by atoms with E-state index in [1.165, 1.54) is 12.4 Å². The van der Waals surface area contributed by atoms with Crippen LogP contribution in [0.5, 0.6) is 0 Å². The Balaban J connectivity index is 1.58. The van der Waals surface area contributed by atoms with E-state index in [1.807, 2.05) is 0 Å². The van der Waals surface area contributed by atoms with Crippen LogP contribution in [0.25, 0.3) is 0 Å². The van der Waals surface area contributed by atoms with E-state index in [0.29, 0.717) is 29.9 Å². The van der Waals surface area contributed by atoms with Crippen LogP contribution in [0.4, 0.5) is 0 Å². The molecule has 0 spiro atoms. The molecule has 7 nitrogen and oxygen atoms in total. The second-order valence-corrected chi connectivity index (χ2v) is 5.51. The lowest BCUT2D eigenvalue weighted by Crippen LogP contribution is -2.31. The van der Waals surface area contributed by atoms with Crippen molar-refractivity contribution in [1.29, 1.82) is 0 Å². The quantitative estimate of drug-likeness (QED) is 0.853. The first kappa shape index (κ1) is 12.4. The average Bonchev–Trinajstić information content (AvgIpc) is 3.07. The fourth-order valence-electron chi connectivity index (χ4n) is 2.71. The van der Waals surface area contributed by atoms with E-state index in [1.54, 1.807) is 11.1 Å². The summed E-state index contributed by atoms with van der Waals surface area (Å²) in [6.45, 7) is 0.688. The lowest BCUT2D eigenvalue weighted by Gasteiger charge is -2.21. The van der Waals surface area contributed by atoms with Crippen molar-refractivity contribution in [2.45, 2.75) is 37.6 Å². The fraction of sp³-hybridized carbons (Fsp3) is 0.500. The van der Waals surface area contributed by atoms with E-state index in [-0.39, 0.29) is 11.9 Å². The summed E-state index contributed by atoms with van der Waals surface area (Å²) < 4.78 is 5.31. The van der Waals surface area contributed by atoms with Gasteiger partial charge < -0.3 is 9.42 Å². The third kappa shape index (κ3) is 2.28. The van der Waals surface area contributed by atoms with Crippen LogP contribution in [0.2, 0.25) is 0 Å². The minimum Gasteiger partial charge on any atom is -0.339 e. The normalized spacial score (nSPS) is 21.7. The molecule has 4 rings (SSSR count). The molecule has 1 atom stereocenters. The summed E-state index contributed by atoms with van der Waals surface area (Å²) in [5, 5.41) is 4.07. The van der Waals surface area contributed by atoms with Gasteiger partial charge in [0.05, 0.1) is 12.2 Å². The standard InChI is InChI=1S/C14H15N5O2/c20-14(10-8-15-5-6-16-10)19-7-1-2-11(19)12-17-13(21-18-12)9-3-4-9/h5-6,8-9,11H,1-4,7H2/t11-/m1/s1. The maximum absolute atomic E-state index is 12.5. The first-order chi connectivity index (χ1) is 10.3. The predicted molar refractivity (Wildman–Crippen MR) is 71.3 cm³/mol. The highest BCUT2D eigenvalue weighted by molar-refractivity contribution is 5.92. The van der Waals surface area contributed by atoms with Gasteiger partial charge in [0, 0.05) is 24.9 Å².